The number of nitro benzene ring substituents is 1. The Morgan fingerprint density at radius 1 is 1.56 bits per heavy atom. The van der Waals surface area contributed by atoms with Crippen molar-refractivity contribution in [1.82, 2.24) is 0 Å². The average Bonchev–Trinajstić information content (AvgIpc) is 2.71. The summed E-state index contributed by atoms with van der Waals surface area (Å²) in [4.78, 5) is 23.7. The van der Waals surface area contributed by atoms with Crippen molar-refractivity contribution in [3.8, 4) is 0 Å². The molecule has 0 bridgehead atoms. The molecule has 1 amide bonds. The van der Waals surface area contributed by atoms with Gasteiger partial charge in [0, 0.05) is 29.6 Å². The van der Waals surface area contributed by atoms with Gasteiger partial charge in [-0.15, -0.1) is 0 Å². The second kappa shape index (κ2) is 5.03. The Labute approximate surface area is 112 Å². The largest absolute Gasteiger partial charge is 0.330 e. The normalized spacial score (nSPS) is 19.3. The number of halogens is 1. The molecule has 1 unspecified atom stereocenters. The van der Waals surface area contributed by atoms with Crippen LogP contribution in [-0.4, -0.2) is 23.9 Å². The summed E-state index contributed by atoms with van der Waals surface area (Å²) < 4.78 is 0.666. The third kappa shape index (κ3) is 2.37. The third-order valence-electron chi connectivity index (χ3n) is 2.97. The van der Waals surface area contributed by atoms with Crippen molar-refractivity contribution in [2.75, 3.05) is 18.0 Å². The topological polar surface area (TPSA) is 89.5 Å². The van der Waals surface area contributed by atoms with Crippen molar-refractivity contribution >= 4 is 33.2 Å². The van der Waals surface area contributed by atoms with Crippen molar-refractivity contribution in [3.63, 3.8) is 0 Å². The minimum atomic E-state index is -0.475. The number of carbonyl (C=O) groups is 1. The summed E-state index contributed by atoms with van der Waals surface area (Å²) >= 11 is 3.31. The monoisotopic (exact) mass is 313 g/mol. The maximum Gasteiger partial charge on any atom is 0.271 e. The molecular weight excluding hydrogens is 302 g/mol. The van der Waals surface area contributed by atoms with Crippen LogP contribution in [0.3, 0.4) is 0 Å². The predicted molar refractivity (Wildman–Crippen MR) is 70.3 cm³/mol. The van der Waals surface area contributed by atoms with Crippen LogP contribution in [0.1, 0.15) is 6.42 Å². The Morgan fingerprint density at radius 2 is 2.28 bits per heavy atom. The van der Waals surface area contributed by atoms with Crippen LogP contribution >= 0.6 is 15.9 Å². The van der Waals surface area contributed by atoms with Gasteiger partial charge in [-0.1, -0.05) is 0 Å². The maximum absolute atomic E-state index is 11.9. The number of carbonyl (C=O) groups excluding carboxylic acids is 1. The van der Waals surface area contributed by atoms with E-state index >= 15 is 0 Å². The van der Waals surface area contributed by atoms with Gasteiger partial charge in [-0.3, -0.25) is 14.9 Å². The SMILES string of the molecule is NCC1CC(=O)N(c2cc([N+](=O)[O-])ccc2Br)C1. The highest BCUT2D eigenvalue weighted by Crippen LogP contribution is 2.34. The Bertz CT molecular complexity index is 506. The third-order valence-corrected chi connectivity index (χ3v) is 3.64. The highest BCUT2D eigenvalue weighted by Gasteiger charge is 2.31. The molecule has 0 saturated carbocycles. The summed E-state index contributed by atoms with van der Waals surface area (Å²) in [5.74, 6) is 0.0651. The highest BCUT2D eigenvalue weighted by molar-refractivity contribution is 9.10. The quantitative estimate of drug-likeness (QED) is 0.679. The van der Waals surface area contributed by atoms with Gasteiger partial charge < -0.3 is 10.6 Å². The van der Waals surface area contributed by atoms with Crippen molar-refractivity contribution < 1.29 is 9.72 Å². The fraction of sp³-hybridized carbons (Fsp3) is 0.364. The van der Waals surface area contributed by atoms with Crippen molar-refractivity contribution in [3.05, 3.63) is 32.8 Å². The molecule has 1 aromatic carbocycles. The number of hydrogen-bond acceptors (Lipinski definition) is 4. The van der Waals surface area contributed by atoms with Crippen molar-refractivity contribution in [2.45, 2.75) is 6.42 Å². The molecule has 1 aromatic rings. The molecule has 0 aliphatic carbocycles. The molecule has 1 atom stereocenters. The molecule has 6 nitrogen and oxygen atoms in total. The first-order chi connectivity index (χ1) is 8.52. The number of non-ortho nitro benzene ring substituents is 1. The van der Waals surface area contributed by atoms with E-state index < -0.39 is 4.92 Å². The molecule has 2 rings (SSSR count). The fourth-order valence-corrected chi connectivity index (χ4v) is 2.45. The van der Waals surface area contributed by atoms with Gasteiger partial charge in [0.25, 0.3) is 5.69 Å². The van der Waals surface area contributed by atoms with Crippen LogP contribution in [0.4, 0.5) is 11.4 Å². The number of amides is 1. The van der Waals surface area contributed by atoms with E-state index in [4.69, 9.17) is 5.73 Å². The van der Waals surface area contributed by atoms with Gasteiger partial charge in [-0.25, -0.2) is 0 Å². The van der Waals surface area contributed by atoms with Crippen LogP contribution in [0.15, 0.2) is 22.7 Å². The summed E-state index contributed by atoms with van der Waals surface area (Å²) in [6.45, 7) is 0.948. The number of rotatable bonds is 3. The molecule has 18 heavy (non-hydrogen) atoms. The van der Waals surface area contributed by atoms with Crippen LogP contribution in [0.25, 0.3) is 0 Å². The molecule has 0 aromatic heterocycles. The van der Waals surface area contributed by atoms with E-state index in [0.717, 1.165) is 0 Å². The molecule has 1 heterocycles. The van der Waals surface area contributed by atoms with Gasteiger partial charge in [0.05, 0.1) is 10.6 Å². The molecule has 7 heteroatoms. The summed E-state index contributed by atoms with van der Waals surface area (Å²) in [5, 5.41) is 10.7. The lowest BCUT2D eigenvalue weighted by molar-refractivity contribution is -0.384. The highest BCUT2D eigenvalue weighted by atomic mass is 79.9. The molecular formula is C11H12BrN3O3. The van der Waals surface area contributed by atoms with E-state index in [2.05, 4.69) is 15.9 Å². The molecule has 0 spiro atoms. The number of nitrogens with zero attached hydrogens (tertiary/aromatic N) is 2. The van der Waals surface area contributed by atoms with E-state index in [0.29, 0.717) is 29.7 Å². The molecule has 1 aliphatic rings. The van der Waals surface area contributed by atoms with Crippen molar-refractivity contribution in [2.24, 2.45) is 11.7 Å². The van der Waals surface area contributed by atoms with Gasteiger partial charge in [-0.05, 0) is 34.5 Å². The summed E-state index contributed by atoms with van der Waals surface area (Å²) in [6, 6.07) is 4.38. The minimum Gasteiger partial charge on any atom is -0.330 e. The van der Waals surface area contributed by atoms with Crippen LogP contribution in [-0.2, 0) is 4.79 Å². The van der Waals surface area contributed by atoms with Crippen LogP contribution in [0, 0.1) is 16.0 Å². The zero-order valence-electron chi connectivity index (χ0n) is 9.51. The second-order valence-corrected chi connectivity index (χ2v) is 5.06. The standard InChI is InChI=1S/C11H12BrN3O3/c12-9-2-1-8(15(17)18)4-10(9)14-6-7(5-13)3-11(14)16/h1-2,4,7H,3,5-6,13H2. The Kier molecular flexibility index (Phi) is 3.63. The molecule has 1 saturated heterocycles. The first kappa shape index (κ1) is 13.0. The van der Waals surface area contributed by atoms with Gasteiger partial charge in [-0.2, -0.15) is 0 Å². The van der Waals surface area contributed by atoms with Gasteiger partial charge in [0.15, 0.2) is 0 Å². The average molecular weight is 314 g/mol. The van der Waals surface area contributed by atoms with Gasteiger partial charge in [0.2, 0.25) is 5.91 Å². The molecule has 2 N–H and O–H groups in total. The Morgan fingerprint density at radius 3 is 2.83 bits per heavy atom. The van der Waals surface area contributed by atoms with Gasteiger partial charge >= 0.3 is 0 Å². The maximum atomic E-state index is 11.9. The lowest BCUT2D eigenvalue weighted by atomic mass is 10.1. The molecule has 96 valence electrons. The second-order valence-electron chi connectivity index (χ2n) is 4.20. The summed E-state index contributed by atoms with van der Waals surface area (Å²) in [6.07, 6.45) is 0.394. The fourth-order valence-electron chi connectivity index (χ4n) is 1.99. The molecule has 1 fully saturated rings. The van der Waals surface area contributed by atoms with E-state index in [1.165, 1.54) is 12.1 Å². The van der Waals surface area contributed by atoms with E-state index in [1.807, 2.05) is 0 Å². The minimum absolute atomic E-state index is 0.0304. The van der Waals surface area contributed by atoms with E-state index in [9.17, 15) is 14.9 Å². The van der Waals surface area contributed by atoms with E-state index in [-0.39, 0.29) is 17.5 Å². The van der Waals surface area contributed by atoms with Gasteiger partial charge in [0.1, 0.15) is 0 Å². The molecule has 0 radical (unpaired) electrons. The number of hydrogen-bond donors (Lipinski definition) is 1. The van der Waals surface area contributed by atoms with Crippen molar-refractivity contribution in [1.29, 1.82) is 0 Å². The number of anilines is 1. The number of nitrogens with two attached hydrogens (primary N) is 1. The predicted octanol–water partition coefficient (Wildman–Crippen LogP) is 1.67. The number of benzene rings is 1. The molecule has 1 aliphatic heterocycles. The first-order valence-electron chi connectivity index (χ1n) is 5.47. The first-order valence-corrected chi connectivity index (χ1v) is 6.26. The lowest BCUT2D eigenvalue weighted by Gasteiger charge is -2.17. The smallest absolute Gasteiger partial charge is 0.271 e. The Hall–Kier alpha value is -1.47. The zero-order valence-corrected chi connectivity index (χ0v) is 11.1. The van der Waals surface area contributed by atoms with Crippen LogP contribution < -0.4 is 10.6 Å². The van der Waals surface area contributed by atoms with Crippen LogP contribution in [0.2, 0.25) is 0 Å². The van der Waals surface area contributed by atoms with E-state index in [1.54, 1.807) is 11.0 Å². The Balaban J connectivity index is 2.35. The zero-order chi connectivity index (χ0) is 13.3. The number of nitro groups is 1. The summed E-state index contributed by atoms with van der Waals surface area (Å²) in [7, 11) is 0. The lowest BCUT2D eigenvalue weighted by Crippen LogP contribution is -2.26. The van der Waals surface area contributed by atoms with Crippen LogP contribution in [0.5, 0.6) is 0 Å². The summed E-state index contributed by atoms with van der Waals surface area (Å²) in [5.41, 5.74) is 6.06.